The summed E-state index contributed by atoms with van der Waals surface area (Å²) >= 11 is 0. The quantitative estimate of drug-likeness (QED) is 0.758. The molecule has 2 N–H and O–H groups in total. The summed E-state index contributed by atoms with van der Waals surface area (Å²) in [5.74, 6) is -1.45. The number of ether oxygens (including phenoxy) is 1. The summed E-state index contributed by atoms with van der Waals surface area (Å²) in [4.78, 5) is 22.8. The van der Waals surface area contributed by atoms with Gasteiger partial charge in [0.2, 0.25) is 5.91 Å². The molecule has 0 radical (unpaired) electrons. The van der Waals surface area contributed by atoms with E-state index in [2.05, 4.69) is 10.4 Å². The van der Waals surface area contributed by atoms with Gasteiger partial charge in [-0.3, -0.25) is 4.79 Å². The van der Waals surface area contributed by atoms with Crippen LogP contribution in [0, 0.1) is 0 Å². The molecule has 7 nitrogen and oxygen atoms in total. The normalized spacial score (nSPS) is 11.9. The Morgan fingerprint density at radius 2 is 2.09 bits per heavy atom. The first-order valence-electron chi connectivity index (χ1n) is 7.20. The second-order valence-corrected chi connectivity index (χ2v) is 5.04. The minimum Gasteiger partial charge on any atom is -0.480 e. The van der Waals surface area contributed by atoms with Gasteiger partial charge in [-0.2, -0.15) is 5.10 Å². The molecule has 0 saturated carbocycles. The molecule has 2 aromatic rings. The van der Waals surface area contributed by atoms with E-state index in [9.17, 15) is 9.59 Å². The number of carbonyl (C=O) groups is 2. The van der Waals surface area contributed by atoms with Crippen LogP contribution in [0.3, 0.4) is 0 Å². The fraction of sp³-hybridized carbons (Fsp3) is 0.312. The fourth-order valence-corrected chi connectivity index (χ4v) is 2.08. The molecule has 0 aliphatic heterocycles. The van der Waals surface area contributed by atoms with E-state index in [0.29, 0.717) is 6.42 Å². The van der Waals surface area contributed by atoms with E-state index < -0.39 is 12.0 Å². The molecule has 0 aliphatic carbocycles. The van der Waals surface area contributed by atoms with E-state index in [0.717, 1.165) is 11.3 Å². The van der Waals surface area contributed by atoms with E-state index in [1.54, 1.807) is 10.9 Å². The molecule has 0 saturated heterocycles. The summed E-state index contributed by atoms with van der Waals surface area (Å²) in [5.41, 5.74) is 1.84. The third kappa shape index (κ3) is 4.93. The highest BCUT2D eigenvalue weighted by Crippen LogP contribution is 2.09. The van der Waals surface area contributed by atoms with Crippen molar-refractivity contribution in [1.29, 1.82) is 0 Å². The first-order valence-corrected chi connectivity index (χ1v) is 7.20. The molecule has 1 aromatic carbocycles. The summed E-state index contributed by atoms with van der Waals surface area (Å²) < 4.78 is 6.51. The van der Waals surface area contributed by atoms with Gasteiger partial charge in [0.1, 0.15) is 0 Å². The summed E-state index contributed by atoms with van der Waals surface area (Å²) in [6, 6.07) is 8.62. The lowest BCUT2D eigenvalue weighted by Crippen LogP contribution is -2.43. The van der Waals surface area contributed by atoms with Crippen LogP contribution < -0.4 is 5.32 Å². The highest BCUT2D eigenvalue weighted by Gasteiger charge is 2.19. The SMILES string of the molecule is COCC(NC(=O)CCc1cnn(-c2ccccc2)c1)C(=O)O. The molecular formula is C16H19N3O4. The van der Waals surface area contributed by atoms with Crippen molar-refractivity contribution in [2.75, 3.05) is 13.7 Å². The Hall–Kier alpha value is -2.67. The Bertz CT molecular complexity index is 654. The van der Waals surface area contributed by atoms with Crippen LogP contribution in [0.1, 0.15) is 12.0 Å². The van der Waals surface area contributed by atoms with Crippen molar-refractivity contribution in [2.45, 2.75) is 18.9 Å². The molecule has 1 amide bonds. The number of aliphatic carboxylic acids is 1. The molecule has 122 valence electrons. The van der Waals surface area contributed by atoms with Crippen LogP contribution in [0.25, 0.3) is 5.69 Å². The standard InChI is InChI=1S/C16H19N3O4/c1-23-11-14(16(21)22)18-15(20)8-7-12-9-17-19(10-12)13-5-3-2-4-6-13/h2-6,9-10,14H,7-8,11H2,1H3,(H,18,20)(H,21,22). The molecule has 1 aromatic heterocycles. The molecule has 7 heteroatoms. The minimum absolute atomic E-state index is 0.0625. The van der Waals surface area contributed by atoms with Crippen molar-refractivity contribution in [3.63, 3.8) is 0 Å². The van der Waals surface area contributed by atoms with Crippen molar-refractivity contribution < 1.29 is 19.4 Å². The molecular weight excluding hydrogens is 298 g/mol. The molecule has 23 heavy (non-hydrogen) atoms. The van der Waals surface area contributed by atoms with Gasteiger partial charge in [0, 0.05) is 19.7 Å². The zero-order chi connectivity index (χ0) is 16.7. The highest BCUT2D eigenvalue weighted by atomic mass is 16.5. The van der Waals surface area contributed by atoms with Crippen molar-refractivity contribution in [1.82, 2.24) is 15.1 Å². The van der Waals surface area contributed by atoms with Gasteiger partial charge in [0.05, 0.1) is 18.5 Å². The van der Waals surface area contributed by atoms with Gasteiger partial charge in [0.15, 0.2) is 6.04 Å². The highest BCUT2D eigenvalue weighted by molar-refractivity contribution is 5.83. The van der Waals surface area contributed by atoms with E-state index in [1.807, 2.05) is 36.5 Å². The van der Waals surface area contributed by atoms with E-state index in [1.165, 1.54) is 7.11 Å². The maximum absolute atomic E-state index is 11.8. The molecule has 1 atom stereocenters. The Morgan fingerprint density at radius 1 is 1.35 bits per heavy atom. The number of para-hydroxylation sites is 1. The number of amides is 1. The number of nitrogens with one attached hydrogen (secondary N) is 1. The second kappa shape index (κ2) is 8.09. The molecule has 0 bridgehead atoms. The maximum atomic E-state index is 11.8. The molecule has 0 fully saturated rings. The first kappa shape index (κ1) is 16.7. The third-order valence-corrected chi connectivity index (χ3v) is 3.26. The van der Waals surface area contributed by atoms with E-state index >= 15 is 0 Å². The van der Waals surface area contributed by atoms with Crippen molar-refractivity contribution in [3.05, 3.63) is 48.3 Å². The van der Waals surface area contributed by atoms with Crippen LogP contribution in [0.2, 0.25) is 0 Å². The molecule has 1 unspecified atom stereocenters. The number of nitrogens with zero attached hydrogens (tertiary/aromatic N) is 2. The fourth-order valence-electron chi connectivity index (χ4n) is 2.08. The zero-order valence-corrected chi connectivity index (χ0v) is 12.8. The minimum atomic E-state index is -1.11. The number of carboxylic acids is 1. The van der Waals surface area contributed by atoms with Crippen molar-refractivity contribution in [2.24, 2.45) is 0 Å². The van der Waals surface area contributed by atoms with Gasteiger partial charge in [-0.15, -0.1) is 0 Å². The number of carboxylic acid groups (broad SMARTS) is 1. The van der Waals surface area contributed by atoms with Gasteiger partial charge in [-0.25, -0.2) is 9.48 Å². The van der Waals surface area contributed by atoms with Crippen LogP contribution in [0.4, 0.5) is 0 Å². The van der Waals surface area contributed by atoms with Crippen molar-refractivity contribution in [3.8, 4) is 5.69 Å². The number of benzene rings is 1. The number of aryl methyl sites for hydroxylation is 1. The van der Waals surface area contributed by atoms with Crippen LogP contribution in [-0.2, 0) is 20.7 Å². The summed E-state index contributed by atoms with van der Waals surface area (Å²) in [5, 5.41) is 15.6. The zero-order valence-electron chi connectivity index (χ0n) is 12.8. The Balaban J connectivity index is 1.87. The summed E-state index contributed by atoms with van der Waals surface area (Å²) in [6.07, 6.45) is 4.22. The van der Waals surface area contributed by atoms with E-state index in [-0.39, 0.29) is 18.9 Å². The monoisotopic (exact) mass is 317 g/mol. The maximum Gasteiger partial charge on any atom is 0.328 e. The number of carbonyl (C=O) groups excluding carboxylic acids is 1. The average Bonchev–Trinajstić information content (AvgIpc) is 3.02. The van der Waals surface area contributed by atoms with E-state index in [4.69, 9.17) is 9.84 Å². The Kier molecular flexibility index (Phi) is 5.87. The number of rotatable bonds is 8. The van der Waals surface area contributed by atoms with Crippen molar-refractivity contribution >= 4 is 11.9 Å². The van der Waals surface area contributed by atoms with Crippen LogP contribution in [-0.4, -0.2) is 46.5 Å². The summed E-state index contributed by atoms with van der Waals surface area (Å²) in [7, 11) is 1.39. The average molecular weight is 317 g/mol. The molecule has 2 rings (SSSR count). The lowest BCUT2D eigenvalue weighted by molar-refractivity contribution is -0.143. The Morgan fingerprint density at radius 3 is 2.74 bits per heavy atom. The van der Waals surface area contributed by atoms with Gasteiger partial charge < -0.3 is 15.2 Å². The molecule has 1 heterocycles. The number of methoxy groups -OCH3 is 1. The number of hydrogen-bond acceptors (Lipinski definition) is 4. The Labute approximate surface area is 133 Å². The number of aromatic nitrogens is 2. The lowest BCUT2D eigenvalue weighted by atomic mass is 10.2. The molecule has 0 aliphatic rings. The van der Waals surface area contributed by atoms with Crippen LogP contribution in [0.5, 0.6) is 0 Å². The summed E-state index contributed by atoms with van der Waals surface area (Å²) in [6.45, 7) is -0.0625. The second-order valence-electron chi connectivity index (χ2n) is 5.04. The topological polar surface area (TPSA) is 93.5 Å². The predicted octanol–water partition coefficient (Wildman–Crippen LogP) is 1.02. The lowest BCUT2D eigenvalue weighted by Gasteiger charge is -2.13. The van der Waals surface area contributed by atoms with Gasteiger partial charge in [0.25, 0.3) is 0 Å². The number of hydrogen-bond donors (Lipinski definition) is 2. The largest absolute Gasteiger partial charge is 0.480 e. The van der Waals surface area contributed by atoms with Crippen LogP contribution >= 0.6 is 0 Å². The van der Waals surface area contributed by atoms with Gasteiger partial charge in [-0.1, -0.05) is 18.2 Å². The van der Waals surface area contributed by atoms with Crippen LogP contribution in [0.15, 0.2) is 42.7 Å². The molecule has 0 spiro atoms. The smallest absolute Gasteiger partial charge is 0.328 e. The first-order chi connectivity index (χ1) is 11.1. The van der Waals surface area contributed by atoms with Gasteiger partial charge in [-0.05, 0) is 24.1 Å². The third-order valence-electron chi connectivity index (χ3n) is 3.26. The predicted molar refractivity (Wildman–Crippen MR) is 83.3 cm³/mol. The van der Waals surface area contributed by atoms with Gasteiger partial charge >= 0.3 is 5.97 Å².